The number of rotatable bonds is 3. The van der Waals surface area contributed by atoms with Gasteiger partial charge in [-0.3, -0.25) is 0 Å². The topological polar surface area (TPSA) is 4.93 Å². The van der Waals surface area contributed by atoms with Gasteiger partial charge in [0.15, 0.2) is 0 Å². The lowest BCUT2D eigenvalue weighted by Gasteiger charge is -2.13. The summed E-state index contributed by atoms with van der Waals surface area (Å²) in [6.07, 6.45) is 0. The molecule has 0 spiro atoms. The average Bonchev–Trinajstić information content (AvgIpc) is 2.94. The molecule has 3 aromatic carbocycles. The van der Waals surface area contributed by atoms with Gasteiger partial charge in [-0.15, -0.1) is 0 Å². The lowest BCUT2D eigenvalue weighted by atomic mass is 9.92. The van der Waals surface area contributed by atoms with Crippen molar-refractivity contribution in [2.45, 2.75) is 33.2 Å². The SMILES string of the molecule is CCn1c2ccc(C)cc2c2cc(C(C)c3ccccc3)ccc21. The van der Waals surface area contributed by atoms with E-state index >= 15 is 0 Å². The van der Waals surface area contributed by atoms with Gasteiger partial charge in [-0.2, -0.15) is 0 Å². The summed E-state index contributed by atoms with van der Waals surface area (Å²) in [5, 5.41) is 2.74. The van der Waals surface area contributed by atoms with E-state index in [0.29, 0.717) is 5.92 Å². The van der Waals surface area contributed by atoms with E-state index in [-0.39, 0.29) is 0 Å². The first kappa shape index (κ1) is 15.0. The highest BCUT2D eigenvalue weighted by Gasteiger charge is 2.13. The van der Waals surface area contributed by atoms with E-state index in [0.717, 1.165) is 6.54 Å². The van der Waals surface area contributed by atoms with Gasteiger partial charge < -0.3 is 4.57 Å². The molecule has 1 nitrogen and oxygen atoms in total. The Morgan fingerprint density at radius 3 is 2.17 bits per heavy atom. The van der Waals surface area contributed by atoms with E-state index in [9.17, 15) is 0 Å². The molecule has 0 aliphatic rings. The summed E-state index contributed by atoms with van der Waals surface area (Å²) in [5.41, 5.74) is 6.74. The van der Waals surface area contributed by atoms with Crippen molar-refractivity contribution in [1.29, 1.82) is 0 Å². The molecule has 0 aliphatic carbocycles. The van der Waals surface area contributed by atoms with Crippen LogP contribution in [0.15, 0.2) is 66.7 Å². The highest BCUT2D eigenvalue weighted by molar-refractivity contribution is 6.08. The molecule has 0 saturated carbocycles. The third kappa shape index (κ3) is 2.32. The van der Waals surface area contributed by atoms with E-state index in [1.165, 1.54) is 38.5 Å². The van der Waals surface area contributed by atoms with Crippen LogP contribution in [-0.2, 0) is 6.54 Å². The molecule has 0 aliphatic heterocycles. The molecule has 120 valence electrons. The fraction of sp³-hybridized carbons (Fsp3) is 0.217. The Kier molecular flexibility index (Phi) is 3.65. The van der Waals surface area contributed by atoms with Crippen LogP contribution in [0.3, 0.4) is 0 Å². The van der Waals surface area contributed by atoms with Gasteiger partial charge in [-0.25, -0.2) is 0 Å². The first-order valence-electron chi connectivity index (χ1n) is 8.76. The summed E-state index contributed by atoms with van der Waals surface area (Å²) in [5.74, 6) is 0.403. The third-order valence-electron chi connectivity index (χ3n) is 5.16. The first-order chi connectivity index (χ1) is 11.7. The molecule has 1 heterocycles. The second-order valence-electron chi connectivity index (χ2n) is 6.67. The summed E-state index contributed by atoms with van der Waals surface area (Å²) in [6.45, 7) is 7.68. The van der Waals surface area contributed by atoms with Crippen LogP contribution in [0.2, 0.25) is 0 Å². The lowest BCUT2D eigenvalue weighted by molar-refractivity contribution is 0.826. The summed E-state index contributed by atoms with van der Waals surface area (Å²) < 4.78 is 2.42. The van der Waals surface area contributed by atoms with Crippen molar-refractivity contribution in [1.82, 2.24) is 4.57 Å². The maximum Gasteiger partial charge on any atom is 0.0491 e. The van der Waals surface area contributed by atoms with Crippen LogP contribution in [-0.4, -0.2) is 4.57 Å². The number of hydrogen-bond acceptors (Lipinski definition) is 0. The first-order valence-corrected chi connectivity index (χ1v) is 8.76. The number of hydrogen-bond donors (Lipinski definition) is 0. The maximum absolute atomic E-state index is 2.42. The minimum Gasteiger partial charge on any atom is -0.341 e. The van der Waals surface area contributed by atoms with Crippen molar-refractivity contribution < 1.29 is 0 Å². The van der Waals surface area contributed by atoms with Gasteiger partial charge in [0.25, 0.3) is 0 Å². The normalized spacial score (nSPS) is 12.8. The number of fused-ring (bicyclic) bond motifs is 3. The summed E-state index contributed by atoms with van der Waals surface area (Å²) >= 11 is 0. The number of nitrogens with zero attached hydrogens (tertiary/aromatic N) is 1. The molecule has 0 N–H and O–H groups in total. The lowest BCUT2D eigenvalue weighted by Crippen LogP contribution is -1.96. The predicted octanol–water partition coefficient (Wildman–Crippen LogP) is 6.27. The van der Waals surface area contributed by atoms with E-state index in [1.807, 2.05) is 0 Å². The van der Waals surface area contributed by atoms with E-state index in [4.69, 9.17) is 0 Å². The van der Waals surface area contributed by atoms with E-state index < -0.39 is 0 Å². The van der Waals surface area contributed by atoms with Crippen molar-refractivity contribution in [3.63, 3.8) is 0 Å². The fourth-order valence-electron chi connectivity index (χ4n) is 3.78. The molecule has 1 unspecified atom stereocenters. The molecule has 4 rings (SSSR count). The van der Waals surface area contributed by atoms with Crippen molar-refractivity contribution in [2.75, 3.05) is 0 Å². The van der Waals surface area contributed by atoms with Gasteiger partial charge in [-0.05, 0) is 49.2 Å². The van der Waals surface area contributed by atoms with Gasteiger partial charge in [0, 0.05) is 34.3 Å². The maximum atomic E-state index is 2.42. The second-order valence-corrected chi connectivity index (χ2v) is 6.67. The zero-order valence-corrected chi connectivity index (χ0v) is 14.6. The highest BCUT2D eigenvalue weighted by Crippen LogP contribution is 2.33. The molecule has 1 heteroatoms. The van der Waals surface area contributed by atoms with Gasteiger partial charge in [0.1, 0.15) is 0 Å². The Morgan fingerprint density at radius 2 is 1.46 bits per heavy atom. The van der Waals surface area contributed by atoms with Gasteiger partial charge in [-0.1, -0.05) is 55.0 Å². The van der Waals surface area contributed by atoms with E-state index in [2.05, 4.69) is 92.1 Å². The van der Waals surface area contributed by atoms with Crippen molar-refractivity contribution in [3.8, 4) is 0 Å². The smallest absolute Gasteiger partial charge is 0.0491 e. The average molecular weight is 313 g/mol. The van der Waals surface area contributed by atoms with Crippen molar-refractivity contribution in [3.05, 3.63) is 83.4 Å². The Balaban J connectivity index is 1.95. The minimum atomic E-state index is 0.403. The molecule has 4 aromatic rings. The van der Waals surface area contributed by atoms with Crippen molar-refractivity contribution >= 4 is 21.8 Å². The van der Waals surface area contributed by atoms with Crippen LogP contribution in [0.4, 0.5) is 0 Å². The summed E-state index contributed by atoms with van der Waals surface area (Å²) in [6, 6.07) is 24.5. The van der Waals surface area contributed by atoms with Crippen LogP contribution in [0.25, 0.3) is 21.8 Å². The molecule has 24 heavy (non-hydrogen) atoms. The van der Waals surface area contributed by atoms with Crippen LogP contribution >= 0.6 is 0 Å². The third-order valence-corrected chi connectivity index (χ3v) is 5.16. The Labute approximate surface area is 143 Å². The van der Waals surface area contributed by atoms with Gasteiger partial charge in [0.2, 0.25) is 0 Å². The monoisotopic (exact) mass is 313 g/mol. The standard InChI is InChI=1S/C23H23N/c1-4-24-22-12-10-16(2)14-20(22)21-15-19(11-13-23(21)24)17(3)18-8-6-5-7-9-18/h5-15,17H,4H2,1-3H3. The van der Waals surface area contributed by atoms with Crippen LogP contribution in [0, 0.1) is 6.92 Å². The van der Waals surface area contributed by atoms with Crippen molar-refractivity contribution in [2.24, 2.45) is 0 Å². The predicted molar refractivity (Wildman–Crippen MR) is 104 cm³/mol. The van der Waals surface area contributed by atoms with Gasteiger partial charge in [0.05, 0.1) is 0 Å². The fourth-order valence-corrected chi connectivity index (χ4v) is 3.78. The van der Waals surface area contributed by atoms with Crippen LogP contribution < -0.4 is 0 Å². The Bertz CT molecular complexity index is 1010. The van der Waals surface area contributed by atoms with Gasteiger partial charge >= 0.3 is 0 Å². The summed E-state index contributed by atoms with van der Waals surface area (Å²) in [7, 11) is 0. The molecule has 0 amide bonds. The quantitative estimate of drug-likeness (QED) is 0.420. The summed E-state index contributed by atoms with van der Waals surface area (Å²) in [4.78, 5) is 0. The Hall–Kier alpha value is -2.54. The molecular formula is C23H23N. The second kappa shape index (κ2) is 5.83. The largest absolute Gasteiger partial charge is 0.341 e. The molecule has 0 radical (unpaired) electrons. The number of aryl methyl sites for hydroxylation is 2. The molecule has 0 saturated heterocycles. The zero-order valence-electron chi connectivity index (χ0n) is 14.6. The minimum absolute atomic E-state index is 0.403. The van der Waals surface area contributed by atoms with E-state index in [1.54, 1.807) is 0 Å². The number of benzene rings is 3. The molecule has 1 aromatic heterocycles. The van der Waals surface area contributed by atoms with Crippen LogP contribution in [0.1, 0.15) is 36.5 Å². The molecule has 0 fully saturated rings. The molecular weight excluding hydrogens is 290 g/mol. The molecule has 1 atom stereocenters. The molecule has 0 bridgehead atoms. The Morgan fingerprint density at radius 1 is 0.792 bits per heavy atom. The zero-order chi connectivity index (χ0) is 16.7. The number of aromatic nitrogens is 1. The highest BCUT2D eigenvalue weighted by atomic mass is 15.0. The van der Waals surface area contributed by atoms with Crippen LogP contribution in [0.5, 0.6) is 0 Å².